The number of carbonyl (C=O) groups is 1. The van der Waals surface area contributed by atoms with E-state index in [1.165, 1.54) is 19.3 Å². The summed E-state index contributed by atoms with van der Waals surface area (Å²) in [5, 5.41) is 4.06. The van der Waals surface area contributed by atoms with E-state index in [1.807, 2.05) is 30.3 Å². The molecule has 1 N–H and O–H groups in total. The Morgan fingerprint density at radius 3 is 2.54 bits per heavy atom. The van der Waals surface area contributed by atoms with Crippen LogP contribution in [0.4, 0.5) is 0 Å². The molecule has 6 heteroatoms. The highest BCUT2D eigenvalue weighted by Gasteiger charge is 2.05. The van der Waals surface area contributed by atoms with Crippen molar-refractivity contribution in [2.24, 2.45) is 5.10 Å². The molecule has 138 valence electrons. The smallest absolute Gasteiger partial charge is 0.271 e. The topological polar surface area (TPSA) is 50.7 Å². The molecule has 0 heterocycles. The summed E-state index contributed by atoms with van der Waals surface area (Å²) in [5.41, 5.74) is 3.90. The predicted molar refractivity (Wildman–Crippen MR) is 113 cm³/mol. The first-order chi connectivity index (χ1) is 12.6. The second-order valence-corrected chi connectivity index (χ2v) is 7.63. The minimum atomic E-state index is -0.259. The molecule has 2 rings (SSSR count). The quantitative estimate of drug-likeness (QED) is 0.274. The van der Waals surface area contributed by atoms with Crippen molar-refractivity contribution in [3.05, 3.63) is 62.5 Å². The maximum absolute atomic E-state index is 12.1. The van der Waals surface area contributed by atoms with E-state index in [0.717, 1.165) is 26.7 Å². The zero-order valence-corrected chi connectivity index (χ0v) is 17.8. The first kappa shape index (κ1) is 20.6. The van der Waals surface area contributed by atoms with Crippen molar-refractivity contribution >= 4 is 44.0 Å². The van der Waals surface area contributed by atoms with Crippen molar-refractivity contribution in [3.63, 3.8) is 0 Å². The Hall–Kier alpha value is -1.66. The lowest BCUT2D eigenvalue weighted by atomic mass is 10.2. The molecule has 0 aliphatic carbocycles. The molecule has 0 aliphatic rings. The third-order valence-electron chi connectivity index (χ3n) is 3.70. The van der Waals surface area contributed by atoms with Crippen LogP contribution >= 0.6 is 31.9 Å². The molecule has 4 nitrogen and oxygen atoms in total. The summed E-state index contributed by atoms with van der Waals surface area (Å²) in [7, 11) is 0. The monoisotopic (exact) mass is 480 g/mol. The first-order valence-corrected chi connectivity index (χ1v) is 10.2. The van der Waals surface area contributed by atoms with E-state index in [9.17, 15) is 4.79 Å². The molecular formula is C20H22Br2N2O2. The fourth-order valence-electron chi connectivity index (χ4n) is 2.29. The van der Waals surface area contributed by atoms with Gasteiger partial charge in [0.2, 0.25) is 0 Å². The van der Waals surface area contributed by atoms with Gasteiger partial charge in [0.05, 0.1) is 12.8 Å². The Morgan fingerprint density at radius 1 is 1.08 bits per heavy atom. The molecule has 0 spiro atoms. The normalized spacial score (nSPS) is 10.9. The van der Waals surface area contributed by atoms with Gasteiger partial charge in [-0.1, -0.05) is 58.0 Å². The average Bonchev–Trinajstić information content (AvgIpc) is 2.63. The average molecular weight is 482 g/mol. The number of hydrogen-bond donors (Lipinski definition) is 1. The van der Waals surface area contributed by atoms with E-state index in [1.54, 1.807) is 18.3 Å². The predicted octanol–water partition coefficient (Wildman–Crippen LogP) is 5.93. The highest BCUT2D eigenvalue weighted by molar-refractivity contribution is 9.10. The highest BCUT2D eigenvalue weighted by atomic mass is 79.9. The van der Waals surface area contributed by atoms with Gasteiger partial charge in [0.1, 0.15) is 5.75 Å². The van der Waals surface area contributed by atoms with Gasteiger partial charge in [0, 0.05) is 20.1 Å². The zero-order valence-electron chi connectivity index (χ0n) is 14.7. The first-order valence-electron chi connectivity index (χ1n) is 8.61. The molecule has 0 atom stereocenters. The fourth-order valence-corrected chi connectivity index (χ4v) is 2.93. The van der Waals surface area contributed by atoms with Crippen LogP contribution in [0.25, 0.3) is 0 Å². The number of rotatable bonds is 9. The minimum Gasteiger partial charge on any atom is -0.493 e. The molecule has 0 radical (unpaired) electrons. The number of hydrazone groups is 1. The SMILES string of the molecule is CCCCCCOc1ccc(Br)cc1C=NNC(=O)c1ccc(Br)cc1. The van der Waals surface area contributed by atoms with E-state index < -0.39 is 0 Å². The maximum atomic E-state index is 12.1. The molecule has 26 heavy (non-hydrogen) atoms. The Labute approximate surface area is 171 Å². The molecule has 0 bridgehead atoms. The second-order valence-electron chi connectivity index (χ2n) is 5.80. The van der Waals surface area contributed by atoms with Crippen LogP contribution < -0.4 is 10.2 Å². The van der Waals surface area contributed by atoms with E-state index in [2.05, 4.69) is 49.3 Å². The van der Waals surface area contributed by atoms with Crippen LogP contribution in [0, 0.1) is 0 Å². The lowest BCUT2D eigenvalue weighted by Gasteiger charge is -2.09. The lowest BCUT2D eigenvalue weighted by Crippen LogP contribution is -2.17. The maximum Gasteiger partial charge on any atom is 0.271 e. The third-order valence-corrected chi connectivity index (χ3v) is 4.73. The van der Waals surface area contributed by atoms with Gasteiger partial charge in [-0.2, -0.15) is 5.10 Å². The highest BCUT2D eigenvalue weighted by Crippen LogP contribution is 2.22. The molecule has 0 saturated carbocycles. The number of ether oxygens (including phenoxy) is 1. The van der Waals surface area contributed by atoms with E-state index in [4.69, 9.17) is 4.74 Å². The summed E-state index contributed by atoms with van der Waals surface area (Å²) in [4.78, 5) is 12.1. The molecule has 0 aromatic heterocycles. The van der Waals surface area contributed by atoms with Crippen molar-refractivity contribution in [1.82, 2.24) is 5.43 Å². The summed E-state index contributed by atoms with van der Waals surface area (Å²) in [6, 6.07) is 12.9. The number of hydrogen-bond acceptors (Lipinski definition) is 3. The van der Waals surface area contributed by atoms with Crippen LogP contribution in [0.15, 0.2) is 56.5 Å². The minimum absolute atomic E-state index is 0.259. The Bertz CT molecular complexity index is 746. The molecule has 0 saturated heterocycles. The summed E-state index contributed by atoms with van der Waals surface area (Å²) in [6.07, 6.45) is 6.22. The van der Waals surface area contributed by atoms with Gasteiger partial charge < -0.3 is 4.74 Å². The number of carbonyl (C=O) groups excluding carboxylic acids is 1. The number of nitrogens with one attached hydrogen (secondary N) is 1. The number of nitrogens with zero attached hydrogens (tertiary/aromatic N) is 1. The number of halogens is 2. The van der Waals surface area contributed by atoms with Crippen molar-refractivity contribution in [1.29, 1.82) is 0 Å². The summed E-state index contributed by atoms with van der Waals surface area (Å²) >= 11 is 6.80. The Kier molecular flexibility index (Phi) is 8.85. The van der Waals surface area contributed by atoms with E-state index in [-0.39, 0.29) is 5.91 Å². The molecule has 2 aromatic rings. The van der Waals surface area contributed by atoms with E-state index in [0.29, 0.717) is 12.2 Å². The van der Waals surface area contributed by atoms with Gasteiger partial charge >= 0.3 is 0 Å². The van der Waals surface area contributed by atoms with Crippen LogP contribution in [0.2, 0.25) is 0 Å². The summed E-state index contributed by atoms with van der Waals surface area (Å²) in [6.45, 7) is 2.86. The van der Waals surface area contributed by atoms with Crippen LogP contribution in [-0.2, 0) is 0 Å². The molecule has 0 unspecified atom stereocenters. The number of unbranched alkanes of at least 4 members (excludes halogenated alkanes) is 3. The van der Waals surface area contributed by atoms with E-state index >= 15 is 0 Å². The number of amides is 1. The molecule has 2 aromatic carbocycles. The van der Waals surface area contributed by atoms with Gasteiger partial charge in [0.15, 0.2) is 0 Å². The second kappa shape index (κ2) is 11.1. The third kappa shape index (κ3) is 6.92. The number of benzene rings is 2. The summed E-state index contributed by atoms with van der Waals surface area (Å²) < 4.78 is 7.71. The van der Waals surface area contributed by atoms with Crippen molar-refractivity contribution in [2.75, 3.05) is 6.61 Å². The van der Waals surface area contributed by atoms with Crippen LogP contribution in [0.1, 0.15) is 48.5 Å². The molecule has 0 fully saturated rings. The van der Waals surface area contributed by atoms with Gasteiger partial charge in [-0.3, -0.25) is 4.79 Å². The zero-order chi connectivity index (χ0) is 18.8. The molecule has 1 amide bonds. The largest absolute Gasteiger partial charge is 0.493 e. The van der Waals surface area contributed by atoms with Gasteiger partial charge in [-0.25, -0.2) is 5.43 Å². The van der Waals surface area contributed by atoms with Gasteiger partial charge in [-0.15, -0.1) is 0 Å². The Morgan fingerprint density at radius 2 is 1.81 bits per heavy atom. The lowest BCUT2D eigenvalue weighted by molar-refractivity contribution is 0.0955. The van der Waals surface area contributed by atoms with Crippen molar-refractivity contribution in [3.8, 4) is 5.75 Å². The van der Waals surface area contributed by atoms with Gasteiger partial charge in [-0.05, 0) is 48.9 Å². The van der Waals surface area contributed by atoms with Gasteiger partial charge in [0.25, 0.3) is 5.91 Å². The fraction of sp³-hybridized carbons (Fsp3) is 0.300. The standard InChI is InChI=1S/C20H22Br2N2O2/c1-2-3-4-5-12-26-19-11-10-18(22)13-16(19)14-23-24-20(25)15-6-8-17(21)9-7-15/h6-11,13-14H,2-5,12H2,1H3,(H,24,25). The Balaban J connectivity index is 1.96. The van der Waals surface area contributed by atoms with Crippen molar-refractivity contribution in [2.45, 2.75) is 32.6 Å². The van der Waals surface area contributed by atoms with Crippen LogP contribution in [0.5, 0.6) is 5.75 Å². The summed E-state index contributed by atoms with van der Waals surface area (Å²) in [5.74, 6) is 0.497. The van der Waals surface area contributed by atoms with Crippen molar-refractivity contribution < 1.29 is 9.53 Å². The molecular weight excluding hydrogens is 460 g/mol. The van der Waals surface area contributed by atoms with Crippen LogP contribution in [0.3, 0.4) is 0 Å². The molecule has 0 aliphatic heterocycles. The van der Waals surface area contributed by atoms with Crippen LogP contribution in [-0.4, -0.2) is 18.7 Å².